The van der Waals surface area contributed by atoms with Gasteiger partial charge in [0.2, 0.25) is 0 Å². The van der Waals surface area contributed by atoms with E-state index in [1.807, 2.05) is 20.0 Å². The summed E-state index contributed by atoms with van der Waals surface area (Å²) < 4.78 is 41.6. The molecule has 0 saturated carbocycles. The smallest absolute Gasteiger partial charge is 0.348 e. The van der Waals surface area contributed by atoms with Crippen LogP contribution in [0, 0.1) is 0 Å². The number of rotatable bonds is 6. The fourth-order valence-corrected chi connectivity index (χ4v) is 3.93. The number of benzene rings is 1. The third kappa shape index (κ3) is 5.11. The summed E-state index contributed by atoms with van der Waals surface area (Å²) in [4.78, 5) is 13.3. The molecule has 1 aliphatic carbocycles. The Morgan fingerprint density at radius 2 is 2.03 bits per heavy atom. The third-order valence-corrected chi connectivity index (χ3v) is 5.62. The first-order valence-electron chi connectivity index (χ1n) is 9.71. The zero-order valence-electron chi connectivity index (χ0n) is 17.2. The molecule has 3 N–H and O–H groups in total. The maximum absolute atomic E-state index is 13.3. The Morgan fingerprint density at radius 3 is 2.65 bits per heavy atom. The van der Waals surface area contributed by atoms with Crippen molar-refractivity contribution in [3.63, 3.8) is 0 Å². The fourth-order valence-electron chi connectivity index (χ4n) is 3.63. The number of amides is 1. The van der Waals surface area contributed by atoms with Gasteiger partial charge in [-0.1, -0.05) is 30.4 Å². The summed E-state index contributed by atoms with van der Waals surface area (Å²) in [6, 6.07) is 6.51. The van der Waals surface area contributed by atoms with Gasteiger partial charge in [0.25, 0.3) is 5.91 Å². The van der Waals surface area contributed by atoms with Crippen molar-refractivity contribution in [2.45, 2.75) is 32.0 Å². The molecule has 5 nitrogen and oxygen atoms in total. The highest BCUT2D eigenvalue weighted by Gasteiger charge is 2.33. The number of hydrogen-bond acceptors (Lipinski definition) is 4. The maximum Gasteiger partial charge on any atom is 0.416 e. The number of alkyl halides is 3. The van der Waals surface area contributed by atoms with Gasteiger partial charge in [0.15, 0.2) is 0 Å². The van der Waals surface area contributed by atoms with Crippen molar-refractivity contribution >= 4 is 28.6 Å². The van der Waals surface area contributed by atoms with Gasteiger partial charge in [0, 0.05) is 37.1 Å². The van der Waals surface area contributed by atoms with Crippen LogP contribution in [0.1, 0.15) is 30.2 Å². The molecule has 1 aromatic heterocycles. The molecule has 0 bridgehead atoms. The average molecular weight is 449 g/mol. The monoisotopic (exact) mass is 448 g/mol. The summed E-state index contributed by atoms with van der Waals surface area (Å²) in [5.74, 6) is -0.437. The normalized spacial score (nSPS) is 15.7. The molecule has 1 aromatic carbocycles. The van der Waals surface area contributed by atoms with E-state index in [0.717, 1.165) is 22.9 Å². The van der Waals surface area contributed by atoms with Gasteiger partial charge in [0.1, 0.15) is 0 Å². The molecule has 1 aliphatic rings. The van der Waals surface area contributed by atoms with Crippen LogP contribution in [0.3, 0.4) is 0 Å². The first kappa shape index (κ1) is 22.9. The van der Waals surface area contributed by atoms with Gasteiger partial charge < -0.3 is 11.1 Å². The van der Waals surface area contributed by atoms with Crippen LogP contribution in [0.25, 0.3) is 5.57 Å². The Kier molecular flexibility index (Phi) is 6.76. The molecule has 0 fully saturated rings. The highest BCUT2D eigenvalue weighted by atomic mass is 32.1. The molecule has 0 unspecified atom stereocenters. The van der Waals surface area contributed by atoms with E-state index in [4.69, 9.17) is 18.0 Å². The molecule has 1 atom stereocenters. The van der Waals surface area contributed by atoms with E-state index in [9.17, 15) is 18.0 Å². The molecule has 1 heterocycles. The quantitative estimate of drug-likeness (QED) is 0.663. The van der Waals surface area contributed by atoms with Gasteiger partial charge in [-0.25, -0.2) is 0 Å². The lowest BCUT2D eigenvalue weighted by atomic mass is 9.90. The molecule has 31 heavy (non-hydrogen) atoms. The van der Waals surface area contributed by atoms with Gasteiger partial charge in [-0.15, -0.1) is 0 Å². The number of halogens is 3. The zero-order valence-corrected chi connectivity index (χ0v) is 18.0. The van der Waals surface area contributed by atoms with Crippen molar-refractivity contribution in [3.8, 4) is 0 Å². The second kappa shape index (κ2) is 9.15. The number of nitrogens with one attached hydrogen (secondary N) is 1. The van der Waals surface area contributed by atoms with Crippen molar-refractivity contribution in [2.75, 3.05) is 6.54 Å². The molecular formula is C22H23F3N4OS. The van der Waals surface area contributed by atoms with Crippen LogP contribution in [0.4, 0.5) is 13.2 Å². The maximum atomic E-state index is 13.3. The number of carbonyl (C=O) groups excluding carboxylic acids is 1. The molecule has 0 aliphatic heterocycles. The number of thiocarbonyl (C=S) groups is 1. The molecule has 0 radical (unpaired) electrons. The van der Waals surface area contributed by atoms with Crippen LogP contribution < -0.4 is 11.1 Å². The highest BCUT2D eigenvalue weighted by Crippen LogP contribution is 2.33. The number of aryl methyl sites for hydroxylation is 1. The van der Waals surface area contributed by atoms with Crippen LogP contribution in [0.5, 0.6) is 0 Å². The van der Waals surface area contributed by atoms with Crippen molar-refractivity contribution in [1.29, 1.82) is 0 Å². The Balaban J connectivity index is 1.80. The molecule has 164 valence electrons. The van der Waals surface area contributed by atoms with E-state index in [-0.39, 0.29) is 18.5 Å². The largest absolute Gasteiger partial charge is 0.416 e. The topological polar surface area (TPSA) is 72.9 Å². The number of nitrogens with zero attached hydrogens (tertiary/aromatic N) is 2. The first-order valence-corrected chi connectivity index (χ1v) is 10.1. The summed E-state index contributed by atoms with van der Waals surface area (Å²) >= 11 is 5.47. The first-order chi connectivity index (χ1) is 14.6. The zero-order chi connectivity index (χ0) is 22.8. The lowest BCUT2D eigenvalue weighted by Crippen LogP contribution is -2.43. The Labute approximate surface area is 183 Å². The van der Waals surface area contributed by atoms with Crippen LogP contribution in [0.2, 0.25) is 0 Å². The Hall–Kier alpha value is -2.78. The number of allylic oxidation sites excluding steroid dienone is 3. The second-order valence-electron chi connectivity index (χ2n) is 7.42. The van der Waals surface area contributed by atoms with Crippen LogP contribution in [0.15, 0.2) is 53.8 Å². The molecule has 3 rings (SSSR count). The van der Waals surface area contributed by atoms with E-state index in [2.05, 4.69) is 10.4 Å². The predicted octanol–water partition coefficient (Wildman–Crippen LogP) is 3.60. The molecule has 2 aromatic rings. The van der Waals surface area contributed by atoms with E-state index in [0.29, 0.717) is 16.9 Å². The number of carbonyl (C=O) groups is 1. The van der Waals surface area contributed by atoms with Gasteiger partial charge >= 0.3 is 6.18 Å². The highest BCUT2D eigenvalue weighted by molar-refractivity contribution is 7.81. The van der Waals surface area contributed by atoms with Crippen LogP contribution >= 0.6 is 12.2 Å². The fraction of sp³-hybridized carbons (Fsp3) is 0.318. The Bertz CT molecular complexity index is 1070. The van der Waals surface area contributed by atoms with E-state index < -0.39 is 23.7 Å². The molecule has 0 saturated heterocycles. The van der Waals surface area contributed by atoms with Crippen molar-refractivity contribution < 1.29 is 18.0 Å². The molecule has 0 spiro atoms. The van der Waals surface area contributed by atoms with Gasteiger partial charge in [-0.2, -0.15) is 18.3 Å². The van der Waals surface area contributed by atoms with E-state index >= 15 is 0 Å². The minimum Gasteiger partial charge on any atom is -0.348 e. The summed E-state index contributed by atoms with van der Waals surface area (Å²) in [5.41, 5.74) is 8.23. The minimum atomic E-state index is -4.47. The van der Waals surface area contributed by atoms with Gasteiger partial charge in [0.05, 0.1) is 16.8 Å². The number of hydrogen-bond donors (Lipinski definition) is 2. The van der Waals surface area contributed by atoms with Gasteiger partial charge in [-0.3, -0.25) is 9.48 Å². The molecule has 9 heteroatoms. The van der Waals surface area contributed by atoms with Crippen LogP contribution in [-0.4, -0.2) is 33.1 Å². The summed E-state index contributed by atoms with van der Waals surface area (Å²) in [6.45, 7) is 1.88. The lowest BCUT2D eigenvalue weighted by Gasteiger charge is -2.23. The Morgan fingerprint density at radius 1 is 1.32 bits per heavy atom. The standard InChI is InChI=1S/C22H23F3N4OS/c1-13-9-17(20(31)11-16(13)19-7-8-27-29(19)2)21(30)28-15(12-26)10-14-5-3-4-6-18(14)22(23,24)25/h3-9,15H,10-12,26H2,1-2H3,(H,28,30)/t15-/m0/s1. The van der Waals surface area contributed by atoms with Crippen LogP contribution in [-0.2, 0) is 24.4 Å². The minimum absolute atomic E-state index is 0.00688. The van der Waals surface area contributed by atoms with E-state index in [1.165, 1.54) is 18.2 Å². The summed E-state index contributed by atoms with van der Waals surface area (Å²) in [6.07, 6.45) is -0.704. The summed E-state index contributed by atoms with van der Waals surface area (Å²) in [7, 11) is 1.83. The number of nitrogens with two attached hydrogens (primary N) is 1. The number of aromatic nitrogens is 2. The SMILES string of the molecule is CC1=C(c2ccnn2C)CC(=S)C(C(=O)N[C@H](CN)Cc2ccccc2C(F)(F)F)=C1. The van der Waals surface area contributed by atoms with E-state index in [1.54, 1.807) is 17.0 Å². The second-order valence-corrected chi connectivity index (χ2v) is 7.92. The van der Waals surface area contributed by atoms with Crippen molar-refractivity contribution in [2.24, 2.45) is 12.8 Å². The third-order valence-electron chi connectivity index (χ3n) is 5.26. The predicted molar refractivity (Wildman–Crippen MR) is 117 cm³/mol. The lowest BCUT2D eigenvalue weighted by molar-refractivity contribution is -0.138. The summed E-state index contributed by atoms with van der Waals surface area (Å²) in [5, 5.41) is 6.91. The van der Waals surface area contributed by atoms with Crippen molar-refractivity contribution in [3.05, 3.63) is 70.6 Å². The average Bonchev–Trinajstić information content (AvgIpc) is 3.14. The van der Waals surface area contributed by atoms with Gasteiger partial charge in [-0.05, 0) is 48.3 Å². The molecular weight excluding hydrogens is 425 g/mol. The van der Waals surface area contributed by atoms with Crippen molar-refractivity contribution in [1.82, 2.24) is 15.1 Å². The molecule has 1 amide bonds.